The molecule has 29 heavy (non-hydrogen) atoms. The Kier molecular flexibility index (Phi) is 5.69. The normalized spacial score (nSPS) is 25.0. The maximum atomic E-state index is 12.8. The largest absolute Gasteiger partial charge is 0.416 e. The van der Waals surface area contributed by atoms with Crippen LogP contribution in [0.15, 0.2) is 53.4 Å². The van der Waals surface area contributed by atoms with Crippen molar-refractivity contribution < 1.29 is 31.8 Å². The number of aliphatic hydroxyl groups excluding tert-OH is 2. The molecular weight excluding hydrogens is 409 g/mol. The Labute approximate surface area is 165 Å². The predicted octanol–water partition coefficient (Wildman–Crippen LogP) is 2.13. The first-order chi connectivity index (χ1) is 13.5. The highest BCUT2D eigenvalue weighted by Gasteiger charge is 2.44. The van der Waals surface area contributed by atoms with Gasteiger partial charge < -0.3 is 10.2 Å². The molecule has 1 saturated carbocycles. The average molecular weight is 426 g/mol. The predicted molar refractivity (Wildman–Crippen MR) is 96.1 cm³/mol. The van der Waals surface area contributed by atoms with Crippen molar-refractivity contribution in [3.8, 4) is 6.07 Å². The van der Waals surface area contributed by atoms with Gasteiger partial charge in [0.15, 0.2) is 0 Å². The topological polar surface area (TPSA) is 110 Å². The minimum Gasteiger partial charge on any atom is -0.390 e. The van der Waals surface area contributed by atoms with Crippen molar-refractivity contribution in [2.45, 2.75) is 41.7 Å². The molecule has 6 nitrogen and oxygen atoms in total. The van der Waals surface area contributed by atoms with Crippen LogP contribution in [0.2, 0.25) is 0 Å². The molecule has 4 atom stereocenters. The summed E-state index contributed by atoms with van der Waals surface area (Å²) in [6.07, 6.45) is -7.24. The zero-order valence-electron chi connectivity index (χ0n) is 14.8. The van der Waals surface area contributed by atoms with Crippen molar-refractivity contribution in [2.75, 3.05) is 0 Å². The summed E-state index contributed by atoms with van der Waals surface area (Å²) in [4.78, 5) is -0.198. The summed E-state index contributed by atoms with van der Waals surface area (Å²) >= 11 is 0. The number of halogens is 3. The van der Waals surface area contributed by atoms with E-state index in [1.54, 1.807) is 0 Å². The van der Waals surface area contributed by atoms with Gasteiger partial charge >= 0.3 is 6.18 Å². The number of hydrogen-bond donors (Lipinski definition) is 3. The highest BCUT2D eigenvalue weighted by molar-refractivity contribution is 7.89. The van der Waals surface area contributed by atoms with Crippen LogP contribution in [-0.2, 0) is 16.2 Å². The summed E-state index contributed by atoms with van der Waals surface area (Å²) in [6.45, 7) is 0. The van der Waals surface area contributed by atoms with Crippen molar-refractivity contribution in [1.29, 1.82) is 5.26 Å². The lowest BCUT2D eigenvalue weighted by Gasteiger charge is -2.24. The minimum atomic E-state index is -4.51. The van der Waals surface area contributed by atoms with Crippen LogP contribution in [-0.4, -0.2) is 36.9 Å². The Morgan fingerprint density at radius 2 is 1.76 bits per heavy atom. The fraction of sp³-hybridized carbons (Fsp3) is 0.316. The van der Waals surface area contributed by atoms with Gasteiger partial charge in [-0.3, -0.25) is 0 Å². The third kappa shape index (κ3) is 4.43. The van der Waals surface area contributed by atoms with Crippen molar-refractivity contribution in [1.82, 2.24) is 4.72 Å². The van der Waals surface area contributed by atoms with Crippen molar-refractivity contribution in [3.63, 3.8) is 0 Å². The molecule has 154 valence electrons. The standard InChI is InChI=1S/C19H17F3N2O4S/c20-19(21,22)13-6-4-12(5-7-13)15-9-16(25)18(26)17(15)24-29(27,28)14-3-1-2-11(8-14)10-23/h1-8,15-18,24-26H,9H2. The molecule has 0 saturated heterocycles. The summed E-state index contributed by atoms with van der Waals surface area (Å²) in [5, 5.41) is 29.2. The Hall–Kier alpha value is -2.45. The first kappa shape index (κ1) is 21.3. The minimum absolute atomic E-state index is 0.0298. The molecule has 1 aliphatic carbocycles. The van der Waals surface area contributed by atoms with E-state index in [1.807, 2.05) is 6.07 Å². The van der Waals surface area contributed by atoms with Gasteiger partial charge in [0, 0.05) is 5.92 Å². The van der Waals surface area contributed by atoms with Gasteiger partial charge in [0.1, 0.15) is 0 Å². The summed E-state index contributed by atoms with van der Waals surface area (Å²) in [7, 11) is -4.16. The zero-order chi connectivity index (χ0) is 21.4. The zero-order valence-corrected chi connectivity index (χ0v) is 15.7. The molecule has 0 radical (unpaired) electrons. The molecule has 0 aliphatic heterocycles. The summed E-state index contributed by atoms with van der Waals surface area (Å²) in [5.74, 6) is -0.740. The number of benzene rings is 2. The maximum absolute atomic E-state index is 12.8. The van der Waals surface area contributed by atoms with Crippen molar-refractivity contribution in [3.05, 3.63) is 65.2 Å². The van der Waals surface area contributed by atoms with Crippen LogP contribution in [0.25, 0.3) is 0 Å². The first-order valence-electron chi connectivity index (χ1n) is 8.59. The van der Waals surface area contributed by atoms with Gasteiger partial charge in [-0.15, -0.1) is 0 Å². The van der Waals surface area contributed by atoms with Gasteiger partial charge in [-0.25, -0.2) is 13.1 Å². The molecule has 2 aromatic carbocycles. The molecule has 0 aromatic heterocycles. The van der Waals surface area contributed by atoms with E-state index in [9.17, 15) is 31.8 Å². The number of aliphatic hydroxyl groups is 2. The lowest BCUT2D eigenvalue weighted by Crippen LogP contribution is -2.45. The monoisotopic (exact) mass is 426 g/mol. The van der Waals surface area contributed by atoms with Crippen LogP contribution in [0.4, 0.5) is 13.2 Å². The van der Waals surface area contributed by atoms with Crippen LogP contribution in [0, 0.1) is 11.3 Å². The van der Waals surface area contributed by atoms with Gasteiger partial charge in [-0.1, -0.05) is 18.2 Å². The second-order valence-corrected chi connectivity index (χ2v) is 8.52. The smallest absolute Gasteiger partial charge is 0.390 e. The van der Waals surface area contributed by atoms with E-state index in [2.05, 4.69) is 4.72 Å². The van der Waals surface area contributed by atoms with Gasteiger partial charge in [-0.05, 0) is 42.3 Å². The third-order valence-electron chi connectivity index (χ3n) is 4.92. The molecule has 10 heteroatoms. The molecule has 3 rings (SSSR count). The molecular formula is C19H17F3N2O4S. The van der Waals surface area contributed by atoms with E-state index in [0.29, 0.717) is 5.56 Å². The van der Waals surface area contributed by atoms with Crippen molar-refractivity contribution >= 4 is 10.0 Å². The number of nitrogens with zero attached hydrogens (tertiary/aromatic N) is 1. The first-order valence-corrected chi connectivity index (χ1v) is 10.1. The van der Waals surface area contributed by atoms with E-state index in [-0.39, 0.29) is 16.9 Å². The Bertz CT molecular complexity index is 1030. The Morgan fingerprint density at radius 1 is 1.10 bits per heavy atom. The van der Waals surface area contributed by atoms with Crippen LogP contribution in [0.1, 0.15) is 29.0 Å². The molecule has 2 aromatic rings. The van der Waals surface area contributed by atoms with E-state index in [4.69, 9.17) is 5.26 Å². The van der Waals surface area contributed by atoms with E-state index >= 15 is 0 Å². The quantitative estimate of drug-likeness (QED) is 0.694. The van der Waals surface area contributed by atoms with Crippen LogP contribution < -0.4 is 4.72 Å². The molecule has 0 bridgehead atoms. The summed E-state index contributed by atoms with van der Waals surface area (Å²) < 4.78 is 66.1. The second-order valence-electron chi connectivity index (χ2n) is 6.81. The van der Waals surface area contributed by atoms with Gasteiger partial charge in [-0.2, -0.15) is 18.4 Å². The number of rotatable bonds is 4. The number of hydrogen-bond acceptors (Lipinski definition) is 5. The van der Waals surface area contributed by atoms with Crippen LogP contribution in [0.5, 0.6) is 0 Å². The Balaban J connectivity index is 1.90. The van der Waals surface area contributed by atoms with E-state index in [1.165, 1.54) is 30.3 Å². The fourth-order valence-corrected chi connectivity index (χ4v) is 4.76. The van der Waals surface area contributed by atoms with Gasteiger partial charge in [0.25, 0.3) is 0 Å². The second kappa shape index (κ2) is 7.76. The summed E-state index contributed by atoms with van der Waals surface area (Å²) in [6, 6.07) is 10.1. The summed E-state index contributed by atoms with van der Waals surface area (Å²) in [5.41, 5.74) is -0.378. The fourth-order valence-electron chi connectivity index (χ4n) is 3.42. The van der Waals surface area contributed by atoms with E-state index in [0.717, 1.165) is 18.2 Å². The molecule has 0 amide bonds. The Morgan fingerprint density at radius 3 is 2.34 bits per heavy atom. The number of alkyl halides is 3. The molecule has 0 spiro atoms. The van der Waals surface area contributed by atoms with Gasteiger partial charge in [0.05, 0.1) is 40.3 Å². The highest BCUT2D eigenvalue weighted by atomic mass is 32.2. The van der Waals surface area contributed by atoms with Crippen LogP contribution in [0.3, 0.4) is 0 Å². The maximum Gasteiger partial charge on any atom is 0.416 e. The van der Waals surface area contributed by atoms with E-state index < -0.39 is 45.9 Å². The molecule has 3 N–H and O–H groups in total. The van der Waals surface area contributed by atoms with Crippen LogP contribution >= 0.6 is 0 Å². The molecule has 4 unspecified atom stereocenters. The van der Waals surface area contributed by atoms with Crippen molar-refractivity contribution in [2.24, 2.45) is 0 Å². The SMILES string of the molecule is N#Cc1cccc(S(=O)(=O)NC2C(c3ccc(C(F)(F)F)cc3)CC(O)C2O)c1. The molecule has 1 aliphatic rings. The van der Waals surface area contributed by atoms with Gasteiger partial charge in [0.2, 0.25) is 10.0 Å². The average Bonchev–Trinajstić information content (AvgIpc) is 2.95. The number of sulfonamides is 1. The molecule has 0 heterocycles. The lowest BCUT2D eigenvalue weighted by atomic mass is 9.93. The highest BCUT2D eigenvalue weighted by Crippen LogP contribution is 2.37. The lowest BCUT2D eigenvalue weighted by molar-refractivity contribution is -0.137. The number of nitrogens with one attached hydrogen (secondary N) is 1. The molecule has 1 fully saturated rings. The third-order valence-corrected chi connectivity index (χ3v) is 6.38. The number of nitriles is 1.